The maximum absolute atomic E-state index is 5.64. The molecule has 0 aliphatic heterocycles. The minimum Gasteiger partial charge on any atom is -0.328 e. The predicted molar refractivity (Wildman–Crippen MR) is 58.9 cm³/mol. The molecule has 0 spiro atoms. The van der Waals surface area contributed by atoms with Gasteiger partial charge in [0, 0.05) is 12.1 Å². The molecule has 0 aromatic carbocycles. The minimum absolute atomic E-state index is 0.345. The van der Waals surface area contributed by atoms with Gasteiger partial charge in [-0.15, -0.1) is 0 Å². The van der Waals surface area contributed by atoms with E-state index in [9.17, 15) is 0 Å². The van der Waals surface area contributed by atoms with Crippen LogP contribution in [0.5, 0.6) is 0 Å². The third kappa shape index (κ3) is 9.80. The Bertz CT molecular complexity index is 104. The Labute approximate surface area is 82.5 Å². The van der Waals surface area contributed by atoms with Gasteiger partial charge in [0.25, 0.3) is 0 Å². The molecule has 2 unspecified atom stereocenters. The molecular weight excluding hydrogens is 162 g/mol. The van der Waals surface area contributed by atoms with Crippen molar-refractivity contribution >= 4 is 0 Å². The van der Waals surface area contributed by atoms with Crippen LogP contribution in [0.15, 0.2) is 0 Å². The molecule has 2 atom stereocenters. The summed E-state index contributed by atoms with van der Waals surface area (Å²) >= 11 is 0. The van der Waals surface area contributed by atoms with Gasteiger partial charge in [-0.3, -0.25) is 0 Å². The molecule has 80 valence electrons. The molecule has 3 nitrogen and oxygen atoms in total. The second-order valence-electron chi connectivity index (χ2n) is 3.85. The minimum atomic E-state index is 0.345. The standard InChI is InChI=1S/C10H25N3/c1-9(11)5-4-7-13-8-6-10(2)12-3/h9-10,12-13H,4-8,11H2,1-3H3. The largest absolute Gasteiger partial charge is 0.328 e. The molecule has 0 radical (unpaired) electrons. The van der Waals surface area contributed by atoms with Crippen molar-refractivity contribution in [2.45, 2.75) is 45.2 Å². The van der Waals surface area contributed by atoms with Crippen LogP contribution in [0.1, 0.15) is 33.1 Å². The lowest BCUT2D eigenvalue weighted by Gasteiger charge is -2.10. The summed E-state index contributed by atoms with van der Waals surface area (Å²) in [7, 11) is 2.00. The van der Waals surface area contributed by atoms with Crippen molar-refractivity contribution in [2.75, 3.05) is 20.1 Å². The van der Waals surface area contributed by atoms with Crippen LogP contribution in [0.3, 0.4) is 0 Å². The fourth-order valence-corrected chi connectivity index (χ4v) is 1.14. The highest BCUT2D eigenvalue weighted by atomic mass is 14.9. The second-order valence-corrected chi connectivity index (χ2v) is 3.85. The Kier molecular flexibility index (Phi) is 8.40. The Morgan fingerprint density at radius 3 is 2.38 bits per heavy atom. The number of hydrogen-bond acceptors (Lipinski definition) is 3. The quantitative estimate of drug-likeness (QED) is 0.490. The summed E-state index contributed by atoms with van der Waals surface area (Å²) < 4.78 is 0. The molecule has 0 aromatic rings. The van der Waals surface area contributed by atoms with E-state index in [1.165, 1.54) is 12.8 Å². The third-order valence-electron chi connectivity index (χ3n) is 2.26. The van der Waals surface area contributed by atoms with Crippen molar-refractivity contribution < 1.29 is 0 Å². The summed E-state index contributed by atoms with van der Waals surface area (Å²) in [6.45, 7) is 6.45. The fourth-order valence-electron chi connectivity index (χ4n) is 1.14. The average Bonchev–Trinajstić information content (AvgIpc) is 2.10. The van der Waals surface area contributed by atoms with Crippen molar-refractivity contribution in [1.29, 1.82) is 0 Å². The van der Waals surface area contributed by atoms with Gasteiger partial charge in [0.2, 0.25) is 0 Å². The summed E-state index contributed by atoms with van der Waals surface area (Å²) in [5, 5.41) is 6.62. The predicted octanol–water partition coefficient (Wildman–Crippen LogP) is 0.701. The van der Waals surface area contributed by atoms with Crippen molar-refractivity contribution in [3.63, 3.8) is 0 Å². The van der Waals surface area contributed by atoms with Gasteiger partial charge in [-0.2, -0.15) is 0 Å². The van der Waals surface area contributed by atoms with Crippen LogP contribution in [0.25, 0.3) is 0 Å². The number of hydrogen-bond donors (Lipinski definition) is 3. The number of rotatable bonds is 8. The molecule has 0 saturated heterocycles. The van der Waals surface area contributed by atoms with Gasteiger partial charge in [0.05, 0.1) is 0 Å². The Balaban J connectivity index is 2.99. The molecule has 13 heavy (non-hydrogen) atoms. The van der Waals surface area contributed by atoms with Crippen molar-refractivity contribution in [2.24, 2.45) is 5.73 Å². The maximum atomic E-state index is 5.64. The molecule has 3 heteroatoms. The molecular formula is C10H25N3. The summed E-state index contributed by atoms with van der Waals surface area (Å²) in [4.78, 5) is 0. The zero-order chi connectivity index (χ0) is 10.1. The SMILES string of the molecule is CNC(C)CCNCCCC(C)N. The summed E-state index contributed by atoms with van der Waals surface area (Å²) in [6.07, 6.45) is 3.49. The zero-order valence-corrected chi connectivity index (χ0v) is 9.27. The van der Waals surface area contributed by atoms with Gasteiger partial charge in [-0.25, -0.2) is 0 Å². The highest BCUT2D eigenvalue weighted by Crippen LogP contribution is 1.91. The Morgan fingerprint density at radius 2 is 1.85 bits per heavy atom. The van der Waals surface area contributed by atoms with Gasteiger partial charge >= 0.3 is 0 Å². The molecule has 0 heterocycles. The highest BCUT2D eigenvalue weighted by molar-refractivity contribution is 4.60. The summed E-state index contributed by atoms with van der Waals surface area (Å²) in [6, 6.07) is 0.957. The van der Waals surface area contributed by atoms with E-state index in [0.29, 0.717) is 12.1 Å². The number of nitrogens with one attached hydrogen (secondary N) is 2. The Hall–Kier alpha value is -0.120. The molecule has 4 N–H and O–H groups in total. The third-order valence-corrected chi connectivity index (χ3v) is 2.26. The molecule has 0 bridgehead atoms. The lowest BCUT2D eigenvalue weighted by atomic mass is 10.2. The van der Waals surface area contributed by atoms with Gasteiger partial charge in [-0.05, 0) is 53.2 Å². The van der Waals surface area contributed by atoms with E-state index < -0.39 is 0 Å². The molecule has 0 aliphatic carbocycles. The highest BCUT2D eigenvalue weighted by Gasteiger charge is 1.97. The van der Waals surface area contributed by atoms with Crippen molar-refractivity contribution in [3.05, 3.63) is 0 Å². The van der Waals surface area contributed by atoms with Crippen LogP contribution in [-0.4, -0.2) is 32.2 Å². The smallest absolute Gasteiger partial charge is 0.00478 e. The van der Waals surface area contributed by atoms with E-state index in [1.54, 1.807) is 0 Å². The van der Waals surface area contributed by atoms with E-state index in [-0.39, 0.29) is 0 Å². The van der Waals surface area contributed by atoms with Gasteiger partial charge in [-0.1, -0.05) is 0 Å². The first-order chi connectivity index (χ1) is 6.16. The summed E-state index contributed by atoms with van der Waals surface area (Å²) in [5.41, 5.74) is 5.64. The number of nitrogens with two attached hydrogens (primary N) is 1. The van der Waals surface area contributed by atoms with Crippen molar-refractivity contribution in [3.8, 4) is 0 Å². The normalized spacial score (nSPS) is 15.7. The lowest BCUT2D eigenvalue weighted by molar-refractivity contribution is 0.512. The molecule has 0 aromatic heterocycles. The van der Waals surface area contributed by atoms with Crippen LogP contribution in [0, 0.1) is 0 Å². The molecule has 0 aliphatic rings. The van der Waals surface area contributed by atoms with Crippen molar-refractivity contribution in [1.82, 2.24) is 10.6 Å². The summed E-state index contributed by atoms with van der Waals surface area (Å²) in [5.74, 6) is 0. The van der Waals surface area contributed by atoms with Gasteiger partial charge < -0.3 is 16.4 Å². The molecule has 0 fully saturated rings. The van der Waals surface area contributed by atoms with E-state index in [0.717, 1.165) is 19.5 Å². The molecule has 0 amide bonds. The first-order valence-electron chi connectivity index (χ1n) is 5.30. The van der Waals surface area contributed by atoms with Crippen LogP contribution in [0.4, 0.5) is 0 Å². The van der Waals surface area contributed by atoms with Crippen LogP contribution in [0.2, 0.25) is 0 Å². The van der Waals surface area contributed by atoms with Crippen LogP contribution < -0.4 is 16.4 Å². The van der Waals surface area contributed by atoms with E-state index in [1.807, 2.05) is 7.05 Å². The van der Waals surface area contributed by atoms with Crippen LogP contribution in [-0.2, 0) is 0 Å². The molecule has 0 saturated carbocycles. The lowest BCUT2D eigenvalue weighted by Crippen LogP contribution is -2.28. The fraction of sp³-hybridized carbons (Fsp3) is 1.00. The topological polar surface area (TPSA) is 50.1 Å². The Morgan fingerprint density at radius 1 is 1.15 bits per heavy atom. The van der Waals surface area contributed by atoms with E-state index >= 15 is 0 Å². The van der Waals surface area contributed by atoms with E-state index in [2.05, 4.69) is 24.5 Å². The monoisotopic (exact) mass is 187 g/mol. The maximum Gasteiger partial charge on any atom is 0.00478 e. The first kappa shape index (κ1) is 12.9. The van der Waals surface area contributed by atoms with Gasteiger partial charge in [0.15, 0.2) is 0 Å². The van der Waals surface area contributed by atoms with Gasteiger partial charge in [0.1, 0.15) is 0 Å². The zero-order valence-electron chi connectivity index (χ0n) is 9.27. The average molecular weight is 187 g/mol. The first-order valence-corrected chi connectivity index (χ1v) is 5.30. The van der Waals surface area contributed by atoms with Crippen LogP contribution >= 0.6 is 0 Å². The van der Waals surface area contributed by atoms with E-state index in [4.69, 9.17) is 5.73 Å². The molecule has 0 rings (SSSR count). The second kappa shape index (κ2) is 8.48.